The van der Waals surface area contributed by atoms with Gasteiger partial charge in [-0.05, 0) is 12.5 Å². The van der Waals surface area contributed by atoms with E-state index in [1.807, 2.05) is 13.8 Å². The molecule has 0 aliphatic rings. The van der Waals surface area contributed by atoms with Crippen LogP contribution in [0.25, 0.3) is 0 Å². The number of nitro groups is 1. The molecule has 29 heavy (non-hydrogen) atoms. The van der Waals surface area contributed by atoms with Crippen LogP contribution in [-0.4, -0.2) is 47.0 Å². The molecule has 1 amide bonds. The number of benzene rings is 1. The number of nitrogens with zero attached hydrogens (tertiary/aromatic N) is 4. The van der Waals surface area contributed by atoms with Crippen LogP contribution >= 0.6 is 23.1 Å². The minimum Gasteiger partial charge on any atom is -0.299 e. The van der Waals surface area contributed by atoms with E-state index >= 15 is 0 Å². The molecule has 13 heteroatoms. The van der Waals surface area contributed by atoms with Crippen LogP contribution < -0.4 is 9.62 Å². The van der Waals surface area contributed by atoms with E-state index in [-0.39, 0.29) is 22.9 Å². The first kappa shape index (κ1) is 23.0. The highest BCUT2D eigenvalue weighted by Crippen LogP contribution is 2.30. The number of nitro benzene ring substituents is 1. The van der Waals surface area contributed by atoms with Crippen molar-refractivity contribution in [1.29, 1.82) is 0 Å². The number of thioether (sulfide) groups is 1. The molecule has 1 aromatic heterocycles. The molecule has 0 fully saturated rings. The van der Waals surface area contributed by atoms with Crippen LogP contribution in [0.1, 0.15) is 27.2 Å². The lowest BCUT2D eigenvalue weighted by Gasteiger charge is -2.29. The van der Waals surface area contributed by atoms with Gasteiger partial charge in [0.2, 0.25) is 21.1 Å². The molecule has 10 nitrogen and oxygen atoms in total. The molecule has 0 unspecified atom stereocenters. The second-order valence-corrected chi connectivity index (χ2v) is 10.9. The van der Waals surface area contributed by atoms with Crippen LogP contribution in [0.4, 0.5) is 16.5 Å². The lowest BCUT2D eigenvalue weighted by molar-refractivity contribution is -0.384. The molecule has 0 radical (unpaired) electrons. The van der Waals surface area contributed by atoms with E-state index in [0.29, 0.717) is 9.59 Å². The maximum atomic E-state index is 12.8. The molecule has 1 heterocycles. The zero-order valence-electron chi connectivity index (χ0n) is 16.2. The van der Waals surface area contributed by atoms with E-state index in [4.69, 9.17) is 0 Å². The van der Waals surface area contributed by atoms with Crippen LogP contribution in [0.5, 0.6) is 0 Å². The summed E-state index contributed by atoms with van der Waals surface area (Å²) in [6.45, 7) is 5.65. The highest BCUT2D eigenvalue weighted by atomic mass is 32.2. The molecule has 158 valence electrons. The Hall–Kier alpha value is -2.25. The van der Waals surface area contributed by atoms with E-state index in [2.05, 4.69) is 15.5 Å². The summed E-state index contributed by atoms with van der Waals surface area (Å²) >= 11 is 2.69. The van der Waals surface area contributed by atoms with Gasteiger partial charge in [0, 0.05) is 17.4 Å². The second kappa shape index (κ2) is 9.50. The van der Waals surface area contributed by atoms with Gasteiger partial charge in [-0.15, -0.1) is 10.2 Å². The molecular weight excluding hydrogens is 438 g/mol. The molecule has 0 spiro atoms. The average molecular weight is 460 g/mol. The number of carbonyl (C=O) groups excluding carboxylic acids is 1. The van der Waals surface area contributed by atoms with Crippen molar-refractivity contribution in [2.45, 2.75) is 42.8 Å². The maximum Gasteiger partial charge on any atom is 0.271 e. The topological polar surface area (TPSA) is 135 Å². The smallest absolute Gasteiger partial charge is 0.271 e. The molecular formula is C16H21N5O5S3. The van der Waals surface area contributed by atoms with Crippen LogP contribution in [0.2, 0.25) is 0 Å². The summed E-state index contributed by atoms with van der Waals surface area (Å²) in [5.74, 6) is -0.596. The second-order valence-electron chi connectivity index (χ2n) is 6.29. The molecule has 0 saturated heterocycles. The van der Waals surface area contributed by atoms with Crippen molar-refractivity contribution < 1.29 is 18.1 Å². The quantitative estimate of drug-likeness (QED) is 0.261. The van der Waals surface area contributed by atoms with Crippen LogP contribution in [0.15, 0.2) is 28.6 Å². The first-order chi connectivity index (χ1) is 13.5. The number of rotatable bonds is 9. The van der Waals surface area contributed by atoms with Gasteiger partial charge in [-0.3, -0.25) is 24.5 Å². The van der Waals surface area contributed by atoms with E-state index in [0.717, 1.165) is 16.6 Å². The third-order valence-electron chi connectivity index (χ3n) is 3.60. The van der Waals surface area contributed by atoms with Gasteiger partial charge in [0.15, 0.2) is 4.34 Å². The third kappa shape index (κ3) is 6.11. The summed E-state index contributed by atoms with van der Waals surface area (Å²) < 4.78 is 26.5. The predicted molar refractivity (Wildman–Crippen MR) is 114 cm³/mol. The highest BCUT2D eigenvalue weighted by molar-refractivity contribution is 8.01. The van der Waals surface area contributed by atoms with Gasteiger partial charge in [0.1, 0.15) is 6.04 Å². The summed E-state index contributed by atoms with van der Waals surface area (Å²) in [5.41, 5.74) is -0.233. The van der Waals surface area contributed by atoms with E-state index in [1.54, 1.807) is 6.92 Å². The molecule has 0 bridgehead atoms. The fraction of sp³-hybridized carbons (Fsp3) is 0.438. The van der Waals surface area contributed by atoms with Gasteiger partial charge in [-0.1, -0.05) is 49.9 Å². The SMILES string of the molecule is CC[C@@H](C(=O)Nc1nnc(SC(C)C)s1)N(c1cccc([N+](=O)[O-])c1)S(C)(=O)=O. The molecule has 1 N–H and O–H groups in total. The Morgan fingerprint density at radius 1 is 1.38 bits per heavy atom. The first-order valence-corrected chi connectivity index (χ1v) is 12.1. The summed E-state index contributed by atoms with van der Waals surface area (Å²) in [6, 6.07) is 4.04. The van der Waals surface area contributed by atoms with Crippen LogP contribution in [0, 0.1) is 10.1 Å². The average Bonchev–Trinajstić information content (AvgIpc) is 3.04. The van der Waals surface area contributed by atoms with E-state index in [9.17, 15) is 23.3 Å². The fourth-order valence-electron chi connectivity index (χ4n) is 2.50. The van der Waals surface area contributed by atoms with E-state index in [1.165, 1.54) is 41.3 Å². The lowest BCUT2D eigenvalue weighted by Crippen LogP contribution is -2.47. The Morgan fingerprint density at radius 2 is 2.07 bits per heavy atom. The number of amides is 1. The first-order valence-electron chi connectivity index (χ1n) is 8.57. The van der Waals surface area contributed by atoms with Gasteiger partial charge in [-0.25, -0.2) is 8.42 Å². The van der Waals surface area contributed by atoms with Crippen molar-refractivity contribution in [1.82, 2.24) is 10.2 Å². The minimum absolute atomic E-state index is 0.0389. The Kier molecular flexibility index (Phi) is 7.54. The van der Waals surface area contributed by atoms with Gasteiger partial charge in [0.05, 0.1) is 16.9 Å². The van der Waals surface area contributed by atoms with Crippen molar-refractivity contribution in [3.8, 4) is 0 Å². The number of aromatic nitrogens is 2. The summed E-state index contributed by atoms with van der Waals surface area (Å²) in [7, 11) is -3.91. The normalized spacial score (nSPS) is 12.6. The van der Waals surface area contributed by atoms with Gasteiger partial charge < -0.3 is 0 Å². The zero-order chi connectivity index (χ0) is 21.8. The standard InChI is InChI=1S/C16H21N5O5S3/c1-5-13(14(22)17-15-18-19-16(28-15)27-10(2)3)20(29(4,25)26)11-7-6-8-12(9-11)21(23)24/h6-10,13H,5H2,1-4H3,(H,17,18,22)/t13-/m0/s1. The molecule has 2 rings (SSSR count). The number of carbonyl (C=O) groups is 1. The van der Waals surface area contributed by atoms with Crippen molar-refractivity contribution >= 4 is 55.5 Å². The maximum absolute atomic E-state index is 12.8. The molecule has 1 aromatic carbocycles. The van der Waals surface area contributed by atoms with Crippen LogP contribution in [0.3, 0.4) is 0 Å². The predicted octanol–water partition coefficient (Wildman–Crippen LogP) is 3.13. The number of sulfonamides is 1. The van der Waals surface area contributed by atoms with Gasteiger partial charge >= 0.3 is 0 Å². The number of hydrogen-bond donors (Lipinski definition) is 1. The summed E-state index contributed by atoms with van der Waals surface area (Å²) in [5, 5.41) is 22.1. The van der Waals surface area contributed by atoms with Crippen molar-refractivity contribution in [2.75, 3.05) is 15.9 Å². The van der Waals surface area contributed by atoms with Crippen molar-refractivity contribution in [3.05, 3.63) is 34.4 Å². The Balaban J connectivity index is 2.33. The number of hydrogen-bond acceptors (Lipinski definition) is 9. The summed E-state index contributed by atoms with van der Waals surface area (Å²) in [4.78, 5) is 23.3. The number of anilines is 2. The molecule has 0 saturated carbocycles. The monoisotopic (exact) mass is 459 g/mol. The number of non-ortho nitro benzene ring substituents is 1. The Bertz CT molecular complexity index is 992. The van der Waals surface area contributed by atoms with Crippen LogP contribution in [-0.2, 0) is 14.8 Å². The number of nitrogens with one attached hydrogen (secondary N) is 1. The Morgan fingerprint density at radius 3 is 2.62 bits per heavy atom. The van der Waals surface area contributed by atoms with Crippen molar-refractivity contribution in [2.24, 2.45) is 0 Å². The van der Waals surface area contributed by atoms with Crippen molar-refractivity contribution in [3.63, 3.8) is 0 Å². The lowest BCUT2D eigenvalue weighted by atomic mass is 10.2. The molecule has 1 atom stereocenters. The van der Waals surface area contributed by atoms with Gasteiger partial charge in [0.25, 0.3) is 5.69 Å². The molecule has 0 aliphatic carbocycles. The molecule has 2 aromatic rings. The van der Waals surface area contributed by atoms with Gasteiger partial charge in [-0.2, -0.15) is 0 Å². The molecule has 0 aliphatic heterocycles. The summed E-state index contributed by atoms with van der Waals surface area (Å²) in [6.07, 6.45) is 1.10. The largest absolute Gasteiger partial charge is 0.299 e. The highest BCUT2D eigenvalue weighted by Gasteiger charge is 2.32. The minimum atomic E-state index is -3.91. The third-order valence-corrected chi connectivity index (χ3v) is 6.70. The Labute approximate surface area is 176 Å². The zero-order valence-corrected chi connectivity index (χ0v) is 18.7. The fourth-order valence-corrected chi connectivity index (χ4v) is 5.68. The van der Waals surface area contributed by atoms with E-state index < -0.39 is 26.9 Å².